The predicted molar refractivity (Wildman–Crippen MR) is 90.4 cm³/mol. The molecule has 3 rings (SSSR count). The number of nitro benzene ring substituents is 1. The zero-order chi connectivity index (χ0) is 17.1. The number of ketones is 1. The molecule has 0 amide bonds. The number of β-amino-alcohol motifs (C(OH)–C–C–N with tert-alkyl or cyclic N) is 1. The summed E-state index contributed by atoms with van der Waals surface area (Å²) in [5, 5.41) is 21.3. The highest BCUT2D eigenvalue weighted by molar-refractivity contribution is 6.09. The topological polar surface area (TPSA) is 83.7 Å². The molecule has 24 heavy (non-hydrogen) atoms. The zero-order valence-electron chi connectivity index (χ0n) is 13.1. The molecule has 6 nitrogen and oxygen atoms in total. The monoisotopic (exact) mass is 326 g/mol. The molecular weight excluding hydrogens is 308 g/mol. The van der Waals surface area contributed by atoms with E-state index in [2.05, 4.69) is 0 Å². The van der Waals surface area contributed by atoms with Crippen molar-refractivity contribution in [1.29, 1.82) is 0 Å². The van der Waals surface area contributed by atoms with Crippen LogP contribution in [0.2, 0.25) is 0 Å². The van der Waals surface area contributed by atoms with E-state index in [1.54, 1.807) is 36.4 Å². The molecule has 2 aromatic carbocycles. The molecule has 0 aromatic heterocycles. The second kappa shape index (κ2) is 6.80. The van der Waals surface area contributed by atoms with Crippen LogP contribution in [0, 0.1) is 10.1 Å². The van der Waals surface area contributed by atoms with Crippen LogP contribution in [-0.4, -0.2) is 35.0 Å². The van der Waals surface area contributed by atoms with Crippen molar-refractivity contribution in [1.82, 2.24) is 0 Å². The molecule has 1 heterocycles. The van der Waals surface area contributed by atoms with Gasteiger partial charge in [0, 0.05) is 30.3 Å². The summed E-state index contributed by atoms with van der Waals surface area (Å²) in [6.07, 6.45) is 1.00. The molecule has 1 aliphatic rings. The third-order valence-corrected chi connectivity index (χ3v) is 4.21. The Balaban J connectivity index is 1.96. The molecule has 1 N–H and O–H groups in total. The maximum atomic E-state index is 12.5. The van der Waals surface area contributed by atoms with Crippen LogP contribution in [0.25, 0.3) is 0 Å². The number of anilines is 1. The molecule has 1 saturated heterocycles. The third kappa shape index (κ3) is 3.28. The lowest BCUT2D eigenvalue weighted by atomic mass is 10.0. The number of piperidine rings is 1. The highest BCUT2D eigenvalue weighted by atomic mass is 16.6. The highest BCUT2D eigenvalue weighted by Gasteiger charge is 2.26. The number of rotatable bonds is 4. The lowest BCUT2D eigenvalue weighted by molar-refractivity contribution is -0.384. The fourth-order valence-electron chi connectivity index (χ4n) is 3.01. The molecule has 1 fully saturated rings. The minimum atomic E-state index is -0.482. The number of benzene rings is 2. The molecule has 0 bridgehead atoms. The van der Waals surface area contributed by atoms with Crippen LogP contribution in [-0.2, 0) is 0 Å². The molecule has 0 spiro atoms. The molecule has 0 radical (unpaired) electrons. The van der Waals surface area contributed by atoms with Gasteiger partial charge in [-0.25, -0.2) is 0 Å². The Morgan fingerprint density at radius 1 is 1.17 bits per heavy atom. The van der Waals surface area contributed by atoms with E-state index in [4.69, 9.17) is 0 Å². The van der Waals surface area contributed by atoms with Crippen LogP contribution in [0.5, 0.6) is 0 Å². The maximum absolute atomic E-state index is 12.5. The number of nitrogens with zero attached hydrogens (tertiary/aromatic N) is 2. The van der Waals surface area contributed by atoms with Gasteiger partial charge in [-0.05, 0) is 25.0 Å². The van der Waals surface area contributed by atoms with Gasteiger partial charge in [0.15, 0.2) is 5.78 Å². The Morgan fingerprint density at radius 3 is 2.58 bits per heavy atom. The van der Waals surface area contributed by atoms with E-state index >= 15 is 0 Å². The van der Waals surface area contributed by atoms with Gasteiger partial charge in [0.25, 0.3) is 5.69 Å². The van der Waals surface area contributed by atoms with Crippen molar-refractivity contribution in [3.63, 3.8) is 0 Å². The number of hydrogen-bond acceptors (Lipinski definition) is 5. The van der Waals surface area contributed by atoms with Crippen molar-refractivity contribution in [2.75, 3.05) is 18.0 Å². The van der Waals surface area contributed by atoms with Gasteiger partial charge in [0.1, 0.15) is 5.69 Å². The van der Waals surface area contributed by atoms with Crippen LogP contribution in [0.1, 0.15) is 28.8 Å². The van der Waals surface area contributed by atoms with Gasteiger partial charge in [0.05, 0.1) is 11.0 Å². The summed E-state index contributed by atoms with van der Waals surface area (Å²) >= 11 is 0. The van der Waals surface area contributed by atoms with Crippen molar-refractivity contribution in [3.05, 3.63) is 69.8 Å². The molecule has 124 valence electrons. The molecule has 1 atom stereocenters. The van der Waals surface area contributed by atoms with Gasteiger partial charge >= 0.3 is 0 Å². The van der Waals surface area contributed by atoms with Crippen LogP contribution in [0.3, 0.4) is 0 Å². The van der Waals surface area contributed by atoms with Gasteiger partial charge in [-0.2, -0.15) is 0 Å². The zero-order valence-corrected chi connectivity index (χ0v) is 13.1. The number of carbonyl (C=O) groups is 1. The van der Waals surface area contributed by atoms with Crippen LogP contribution in [0.15, 0.2) is 48.5 Å². The van der Waals surface area contributed by atoms with Crippen LogP contribution in [0.4, 0.5) is 11.4 Å². The first-order valence-electron chi connectivity index (χ1n) is 7.87. The molecule has 0 aliphatic carbocycles. The minimum Gasteiger partial charge on any atom is -0.391 e. The van der Waals surface area contributed by atoms with Crippen LogP contribution < -0.4 is 4.90 Å². The molecule has 0 saturated carbocycles. The van der Waals surface area contributed by atoms with E-state index in [1.807, 2.05) is 11.0 Å². The number of aliphatic hydroxyl groups excluding tert-OH is 1. The quantitative estimate of drug-likeness (QED) is 0.530. The molecular formula is C18H18N2O4. The van der Waals surface area contributed by atoms with E-state index in [1.165, 1.54) is 6.07 Å². The second-order valence-corrected chi connectivity index (χ2v) is 5.90. The summed E-state index contributed by atoms with van der Waals surface area (Å²) in [6.45, 7) is 1.02. The lowest BCUT2D eigenvalue weighted by Crippen LogP contribution is -2.38. The Hall–Kier alpha value is -2.73. The lowest BCUT2D eigenvalue weighted by Gasteiger charge is -2.31. The molecule has 0 unspecified atom stereocenters. The smallest absolute Gasteiger partial charge is 0.293 e. The van der Waals surface area contributed by atoms with E-state index in [0.29, 0.717) is 30.8 Å². The van der Waals surface area contributed by atoms with Gasteiger partial charge in [0.2, 0.25) is 0 Å². The third-order valence-electron chi connectivity index (χ3n) is 4.21. The van der Waals surface area contributed by atoms with Crippen molar-refractivity contribution < 1.29 is 14.8 Å². The van der Waals surface area contributed by atoms with E-state index in [0.717, 1.165) is 6.42 Å². The number of hydrogen-bond donors (Lipinski definition) is 1. The summed E-state index contributed by atoms with van der Waals surface area (Å²) in [5.74, 6) is -0.246. The summed E-state index contributed by atoms with van der Waals surface area (Å²) < 4.78 is 0. The molecule has 2 aromatic rings. The molecule has 1 aliphatic heterocycles. The van der Waals surface area contributed by atoms with Gasteiger partial charge in [-0.15, -0.1) is 0 Å². The van der Waals surface area contributed by atoms with E-state index in [-0.39, 0.29) is 17.0 Å². The number of aliphatic hydroxyl groups is 1. The SMILES string of the molecule is O=C(c1ccccc1)c1ccc(N2CCC[C@H](O)C2)c([N+](=O)[O-])c1. The van der Waals surface area contributed by atoms with Crippen molar-refractivity contribution in [2.45, 2.75) is 18.9 Å². The standard InChI is InChI=1S/C18H18N2O4/c21-15-7-4-10-19(12-15)16-9-8-14(11-17(16)20(23)24)18(22)13-5-2-1-3-6-13/h1-3,5-6,8-9,11,15,21H,4,7,10,12H2/t15-/m0/s1. The maximum Gasteiger partial charge on any atom is 0.293 e. The van der Waals surface area contributed by atoms with Crippen molar-refractivity contribution in [2.24, 2.45) is 0 Å². The summed E-state index contributed by atoms with van der Waals surface area (Å²) in [5.41, 5.74) is 1.12. The first-order valence-corrected chi connectivity index (χ1v) is 7.87. The van der Waals surface area contributed by atoms with Gasteiger partial charge in [-0.1, -0.05) is 30.3 Å². The Labute approximate surface area is 139 Å². The van der Waals surface area contributed by atoms with Gasteiger partial charge in [-0.3, -0.25) is 14.9 Å². The van der Waals surface area contributed by atoms with E-state index < -0.39 is 11.0 Å². The molecule has 6 heteroatoms. The number of carbonyl (C=O) groups excluding carboxylic acids is 1. The largest absolute Gasteiger partial charge is 0.391 e. The Morgan fingerprint density at radius 2 is 1.92 bits per heavy atom. The predicted octanol–water partition coefficient (Wildman–Crippen LogP) is 2.79. The van der Waals surface area contributed by atoms with Crippen molar-refractivity contribution in [3.8, 4) is 0 Å². The number of nitro groups is 1. The average molecular weight is 326 g/mol. The first-order chi connectivity index (χ1) is 11.6. The van der Waals surface area contributed by atoms with E-state index in [9.17, 15) is 20.0 Å². The summed E-state index contributed by atoms with van der Waals surface area (Å²) in [4.78, 5) is 25.3. The van der Waals surface area contributed by atoms with Crippen molar-refractivity contribution >= 4 is 17.2 Å². The minimum absolute atomic E-state index is 0.106. The second-order valence-electron chi connectivity index (χ2n) is 5.90. The average Bonchev–Trinajstić information content (AvgIpc) is 2.61. The highest BCUT2D eigenvalue weighted by Crippen LogP contribution is 2.32. The fourth-order valence-corrected chi connectivity index (χ4v) is 3.01. The normalized spacial score (nSPS) is 17.5. The Bertz CT molecular complexity index is 761. The fraction of sp³-hybridized carbons (Fsp3) is 0.278. The Kier molecular flexibility index (Phi) is 4.57. The van der Waals surface area contributed by atoms with Gasteiger partial charge < -0.3 is 10.0 Å². The summed E-state index contributed by atoms with van der Waals surface area (Å²) in [7, 11) is 0. The summed E-state index contributed by atoms with van der Waals surface area (Å²) in [6, 6.07) is 13.2. The first kappa shape index (κ1) is 16.1. The van der Waals surface area contributed by atoms with Crippen LogP contribution >= 0.6 is 0 Å².